The number of hydrogen-bond acceptors (Lipinski definition) is 14. The Hall–Kier alpha value is -2.83. The van der Waals surface area contributed by atoms with E-state index in [9.17, 15) is 40.5 Å². The summed E-state index contributed by atoms with van der Waals surface area (Å²) < 4.78 is 34.4. The van der Waals surface area contributed by atoms with Crippen molar-refractivity contribution < 1.29 is 69.0 Å². The first-order chi connectivity index (χ1) is 37.6. The van der Waals surface area contributed by atoms with E-state index in [1.807, 2.05) is 0 Å². The molecule has 2 rings (SSSR count). The van der Waals surface area contributed by atoms with Crippen LogP contribution in [-0.4, -0.2) is 142 Å². The molecule has 0 amide bonds. The second kappa shape index (κ2) is 49.0. The van der Waals surface area contributed by atoms with Crippen molar-refractivity contribution in [1.29, 1.82) is 0 Å². The molecule has 0 saturated carbocycles. The molecule has 444 valence electrons. The lowest BCUT2D eigenvalue weighted by molar-refractivity contribution is -0.332. The number of ether oxygens (including phenoxy) is 6. The van der Waals surface area contributed by atoms with E-state index in [0.29, 0.717) is 13.0 Å². The van der Waals surface area contributed by atoms with Crippen LogP contribution in [0.5, 0.6) is 0 Å². The summed E-state index contributed by atoms with van der Waals surface area (Å²) in [6, 6.07) is 0. The third-order valence-corrected chi connectivity index (χ3v) is 13.9. The van der Waals surface area contributed by atoms with Gasteiger partial charge in [0.2, 0.25) is 0 Å². The smallest absolute Gasteiger partial charge is 0.306 e. The molecule has 0 aromatic rings. The van der Waals surface area contributed by atoms with E-state index in [1.165, 1.54) is 89.9 Å². The maximum Gasteiger partial charge on any atom is 0.306 e. The van der Waals surface area contributed by atoms with Crippen LogP contribution in [0.3, 0.4) is 0 Å². The van der Waals surface area contributed by atoms with Gasteiger partial charge in [-0.25, -0.2) is 0 Å². The fourth-order valence-corrected chi connectivity index (χ4v) is 9.05. The second-order valence-corrected chi connectivity index (χ2v) is 20.8. The molecule has 7 N–H and O–H groups in total. The molecule has 0 aliphatic carbocycles. The first-order valence-electron chi connectivity index (χ1n) is 30.2. The van der Waals surface area contributed by atoms with Crippen LogP contribution in [0.15, 0.2) is 85.1 Å². The number of aliphatic hydroxyl groups excluding tert-OH is 7. The molecule has 0 spiro atoms. The second-order valence-electron chi connectivity index (χ2n) is 20.8. The van der Waals surface area contributed by atoms with Crippen LogP contribution < -0.4 is 0 Å². The minimum atomic E-state index is -1.72. The summed E-state index contributed by atoms with van der Waals surface area (Å²) in [7, 11) is 0. The molecule has 0 aromatic heterocycles. The van der Waals surface area contributed by atoms with Gasteiger partial charge in [0.05, 0.1) is 26.4 Å². The van der Waals surface area contributed by atoms with Crippen LogP contribution in [0.25, 0.3) is 0 Å². The lowest BCUT2D eigenvalue weighted by Gasteiger charge is -2.42. The number of allylic oxidation sites excluding steroid dienone is 14. The van der Waals surface area contributed by atoms with Crippen LogP contribution in [0.4, 0.5) is 0 Å². The van der Waals surface area contributed by atoms with Gasteiger partial charge in [-0.05, 0) is 89.9 Å². The maximum atomic E-state index is 13.1. The van der Waals surface area contributed by atoms with Gasteiger partial charge in [-0.1, -0.05) is 195 Å². The topological polar surface area (TPSA) is 214 Å². The zero-order chi connectivity index (χ0) is 55.8. The normalized spacial score (nSPS) is 24.9. The highest BCUT2D eigenvalue weighted by molar-refractivity contribution is 5.69. The Morgan fingerprint density at radius 2 is 0.844 bits per heavy atom. The summed E-state index contributed by atoms with van der Waals surface area (Å²) in [6.07, 6.45) is 47.8. The summed E-state index contributed by atoms with van der Waals surface area (Å²) in [5.41, 5.74) is 0. The lowest BCUT2D eigenvalue weighted by atomic mass is 9.98. The molecular formula is C63H108O14. The van der Waals surface area contributed by atoms with Crippen molar-refractivity contribution in [1.82, 2.24) is 0 Å². The Balaban J connectivity index is 1.72. The average molecular weight is 1090 g/mol. The van der Waals surface area contributed by atoms with Crippen molar-refractivity contribution in [3.05, 3.63) is 85.1 Å². The Morgan fingerprint density at radius 1 is 0.442 bits per heavy atom. The molecule has 0 radical (unpaired) electrons. The van der Waals surface area contributed by atoms with Crippen molar-refractivity contribution >= 4 is 5.97 Å². The van der Waals surface area contributed by atoms with E-state index in [1.54, 1.807) is 0 Å². The largest absolute Gasteiger partial charge is 0.457 e. The van der Waals surface area contributed by atoms with Crippen LogP contribution in [0, 0.1) is 0 Å². The van der Waals surface area contributed by atoms with E-state index >= 15 is 0 Å². The van der Waals surface area contributed by atoms with E-state index in [4.69, 9.17) is 28.4 Å². The van der Waals surface area contributed by atoms with Gasteiger partial charge in [-0.15, -0.1) is 0 Å². The summed E-state index contributed by atoms with van der Waals surface area (Å²) >= 11 is 0. The van der Waals surface area contributed by atoms with Crippen LogP contribution in [0.2, 0.25) is 0 Å². The van der Waals surface area contributed by atoms with Crippen LogP contribution in [0.1, 0.15) is 206 Å². The zero-order valence-corrected chi connectivity index (χ0v) is 47.7. The lowest BCUT2D eigenvalue weighted by Crippen LogP contribution is -2.61. The molecular weight excluding hydrogens is 981 g/mol. The predicted octanol–water partition coefficient (Wildman–Crippen LogP) is 11.2. The van der Waals surface area contributed by atoms with Gasteiger partial charge < -0.3 is 64.2 Å². The quantitative estimate of drug-likeness (QED) is 0.0172. The minimum Gasteiger partial charge on any atom is -0.457 e. The van der Waals surface area contributed by atoms with Gasteiger partial charge in [-0.3, -0.25) is 4.79 Å². The predicted molar refractivity (Wildman–Crippen MR) is 307 cm³/mol. The number of carbonyl (C=O) groups is 1. The average Bonchev–Trinajstić information content (AvgIpc) is 3.43. The number of hydrogen-bond donors (Lipinski definition) is 7. The van der Waals surface area contributed by atoms with E-state index in [2.05, 4.69) is 98.9 Å². The number of aliphatic hydroxyl groups is 7. The summed E-state index contributed by atoms with van der Waals surface area (Å²) in [5, 5.41) is 72.4. The van der Waals surface area contributed by atoms with E-state index < -0.39 is 86.7 Å². The number of esters is 1. The molecule has 11 unspecified atom stereocenters. The Bertz CT molecular complexity index is 1590. The van der Waals surface area contributed by atoms with Gasteiger partial charge in [0.25, 0.3) is 0 Å². The van der Waals surface area contributed by atoms with Crippen molar-refractivity contribution in [2.24, 2.45) is 0 Å². The zero-order valence-electron chi connectivity index (χ0n) is 47.7. The molecule has 77 heavy (non-hydrogen) atoms. The van der Waals surface area contributed by atoms with Gasteiger partial charge in [0, 0.05) is 13.0 Å². The summed E-state index contributed by atoms with van der Waals surface area (Å²) in [6.45, 7) is 3.53. The number of unbranched alkanes of at least 4 members (excludes halogenated alkanes) is 20. The first kappa shape index (κ1) is 70.3. The third kappa shape index (κ3) is 35.5. The fourth-order valence-electron chi connectivity index (χ4n) is 9.05. The minimum absolute atomic E-state index is 0.0469. The molecule has 2 saturated heterocycles. The highest BCUT2D eigenvalue weighted by Gasteiger charge is 2.47. The van der Waals surface area contributed by atoms with Crippen molar-refractivity contribution in [2.45, 2.75) is 274 Å². The van der Waals surface area contributed by atoms with Gasteiger partial charge >= 0.3 is 5.97 Å². The number of carbonyl (C=O) groups excluding carboxylic acids is 1. The summed E-state index contributed by atoms with van der Waals surface area (Å²) in [4.78, 5) is 13.1. The molecule has 2 heterocycles. The van der Waals surface area contributed by atoms with Crippen LogP contribution in [-0.2, 0) is 33.2 Å². The first-order valence-corrected chi connectivity index (χ1v) is 30.2. The van der Waals surface area contributed by atoms with Gasteiger partial charge in [-0.2, -0.15) is 0 Å². The maximum absolute atomic E-state index is 13.1. The Kier molecular flexibility index (Phi) is 44.7. The third-order valence-electron chi connectivity index (χ3n) is 13.9. The summed E-state index contributed by atoms with van der Waals surface area (Å²) in [5.74, 6) is -0.397. The monoisotopic (exact) mass is 1090 g/mol. The standard InChI is InChI=1S/C63H108O14/c1-3-5-7-9-11-13-15-17-19-21-23-25-27-29-31-33-35-37-39-41-43-45-47-72-49-52(50-73-62-61(71)59(69)57(67)54(77-62)51-74-63-60(70)58(68)56(66)53(48-64)76-63)75-55(65)46-44-42-40-38-36-34-32-30-28-26-24-22-20-18-16-14-12-10-8-6-4-2/h6,8,12,14-15,17-18,20-21,23-24,26,30,32,52-54,56-64,66-71H,3-5,7,9-11,13,16,19,22,25,27-29,31,33-51H2,1-2H3/b8-6-,14-12-,17-15-,20-18-,23-21-,26-24-,32-30-. The Morgan fingerprint density at radius 3 is 1.32 bits per heavy atom. The molecule has 14 nitrogen and oxygen atoms in total. The SMILES string of the molecule is CC/C=C\C/C=C\C/C=C\C/C=C\C/C=C\CCCCCCCC(=O)OC(COCCCCCCCCCCCC/C=C\C/C=C\CCCCCCC)COC1OC(COC2OC(CO)C(O)C(O)C2O)C(O)C(O)C1O. The molecule has 11 atom stereocenters. The highest BCUT2D eigenvalue weighted by atomic mass is 16.7. The van der Waals surface area contributed by atoms with E-state index in [-0.39, 0.29) is 19.6 Å². The molecule has 0 aromatic carbocycles. The van der Waals surface area contributed by atoms with Gasteiger partial charge in [0.1, 0.15) is 54.9 Å². The molecule has 2 aliphatic heterocycles. The van der Waals surface area contributed by atoms with E-state index in [0.717, 1.165) is 89.9 Å². The van der Waals surface area contributed by atoms with Crippen molar-refractivity contribution in [3.63, 3.8) is 0 Å². The van der Waals surface area contributed by atoms with Crippen molar-refractivity contribution in [3.8, 4) is 0 Å². The molecule has 14 heteroatoms. The highest BCUT2D eigenvalue weighted by Crippen LogP contribution is 2.26. The van der Waals surface area contributed by atoms with Gasteiger partial charge in [0.15, 0.2) is 12.6 Å². The van der Waals surface area contributed by atoms with Crippen molar-refractivity contribution in [2.75, 3.05) is 33.0 Å². The number of rotatable bonds is 48. The molecule has 2 fully saturated rings. The molecule has 2 aliphatic rings. The molecule has 0 bridgehead atoms. The fraction of sp³-hybridized carbons (Fsp3) is 0.762. The Labute approximate surface area is 465 Å². The van der Waals surface area contributed by atoms with Crippen LogP contribution >= 0.6 is 0 Å².